The summed E-state index contributed by atoms with van der Waals surface area (Å²) in [5.41, 5.74) is 2.36. The average molecular weight is 522 g/mol. The zero-order chi connectivity index (χ0) is 25.8. The summed E-state index contributed by atoms with van der Waals surface area (Å²) in [7, 11) is 1.78. The number of thiazole rings is 1. The Bertz CT molecular complexity index is 1360. The van der Waals surface area contributed by atoms with Crippen LogP contribution in [0.3, 0.4) is 0 Å². The number of aromatic nitrogens is 1. The van der Waals surface area contributed by atoms with Gasteiger partial charge >= 0.3 is 0 Å². The van der Waals surface area contributed by atoms with Crippen LogP contribution in [0.15, 0.2) is 66.9 Å². The number of hydrogen-bond donors (Lipinski definition) is 1. The van der Waals surface area contributed by atoms with E-state index < -0.39 is 5.92 Å². The van der Waals surface area contributed by atoms with Crippen molar-refractivity contribution in [2.24, 2.45) is 5.92 Å². The van der Waals surface area contributed by atoms with E-state index in [1.807, 2.05) is 63.2 Å². The van der Waals surface area contributed by atoms with Gasteiger partial charge in [-0.2, -0.15) is 0 Å². The lowest BCUT2D eigenvalue weighted by Crippen LogP contribution is -2.26. The standard InChI is InChI=1S/C28H28FN3O2S2/c1-5-32(4)27(34)20-11-9-19(10-12-20)23-13-14-24(36-23)25(21-7-6-8-22(29)15-21)18(3)26(33)31-28-30-16-17(2)35-28/h6-16,18,25H,5H2,1-4H3,(H,30,31,33)/t18-,25-/m1/s1. The Labute approximate surface area is 218 Å². The lowest BCUT2D eigenvalue weighted by Gasteiger charge is -2.22. The minimum atomic E-state index is -0.466. The molecule has 186 valence electrons. The molecule has 2 aromatic carbocycles. The van der Waals surface area contributed by atoms with Crippen molar-refractivity contribution < 1.29 is 14.0 Å². The molecule has 5 nitrogen and oxygen atoms in total. The molecule has 0 unspecified atom stereocenters. The predicted octanol–water partition coefficient (Wildman–Crippen LogP) is 6.82. The molecule has 0 spiro atoms. The number of carbonyl (C=O) groups is 2. The fourth-order valence-electron chi connectivity index (χ4n) is 4.00. The van der Waals surface area contributed by atoms with Crippen LogP contribution in [0.25, 0.3) is 10.4 Å². The molecule has 8 heteroatoms. The average Bonchev–Trinajstić information content (AvgIpc) is 3.52. The van der Waals surface area contributed by atoms with Crippen LogP contribution in [-0.2, 0) is 4.79 Å². The van der Waals surface area contributed by atoms with Gasteiger partial charge in [-0.05, 0) is 61.4 Å². The molecule has 0 saturated heterocycles. The third-order valence-corrected chi connectivity index (χ3v) is 8.19. The van der Waals surface area contributed by atoms with Crippen LogP contribution in [0.1, 0.15) is 45.4 Å². The second kappa shape index (κ2) is 11.1. The summed E-state index contributed by atoms with van der Waals surface area (Å²) in [5.74, 6) is -1.32. The Morgan fingerprint density at radius 2 is 1.83 bits per heavy atom. The van der Waals surface area contributed by atoms with Gasteiger partial charge in [0.1, 0.15) is 5.82 Å². The number of amides is 2. The Kier molecular flexibility index (Phi) is 7.96. The van der Waals surface area contributed by atoms with Crippen LogP contribution in [0.5, 0.6) is 0 Å². The number of nitrogens with one attached hydrogen (secondary N) is 1. The lowest BCUT2D eigenvalue weighted by molar-refractivity contribution is -0.119. The molecule has 2 amide bonds. The van der Waals surface area contributed by atoms with E-state index in [4.69, 9.17) is 0 Å². The first kappa shape index (κ1) is 25.7. The first-order valence-corrected chi connectivity index (χ1v) is 13.3. The highest BCUT2D eigenvalue weighted by Crippen LogP contribution is 2.40. The molecule has 2 aromatic heterocycles. The first-order valence-electron chi connectivity index (χ1n) is 11.7. The highest BCUT2D eigenvalue weighted by molar-refractivity contribution is 7.16. The largest absolute Gasteiger partial charge is 0.342 e. The molecule has 0 radical (unpaired) electrons. The van der Waals surface area contributed by atoms with E-state index in [9.17, 15) is 14.0 Å². The molecule has 0 aliphatic heterocycles. The number of carbonyl (C=O) groups excluding carboxylic acids is 2. The van der Waals surface area contributed by atoms with E-state index >= 15 is 0 Å². The minimum Gasteiger partial charge on any atom is -0.342 e. The maximum Gasteiger partial charge on any atom is 0.253 e. The van der Waals surface area contributed by atoms with Gasteiger partial charge in [0, 0.05) is 51.8 Å². The molecular weight excluding hydrogens is 493 g/mol. The number of nitrogens with zero attached hydrogens (tertiary/aromatic N) is 2. The van der Waals surface area contributed by atoms with E-state index in [1.165, 1.54) is 23.5 Å². The Morgan fingerprint density at radius 3 is 2.47 bits per heavy atom. The van der Waals surface area contributed by atoms with Gasteiger partial charge in [0.15, 0.2) is 5.13 Å². The lowest BCUT2D eigenvalue weighted by atomic mass is 9.85. The summed E-state index contributed by atoms with van der Waals surface area (Å²) in [6.45, 7) is 6.37. The highest BCUT2D eigenvalue weighted by Gasteiger charge is 2.29. The van der Waals surface area contributed by atoms with Crippen LogP contribution in [0.2, 0.25) is 0 Å². The zero-order valence-corrected chi connectivity index (χ0v) is 22.3. The number of thiophene rings is 1. The van der Waals surface area contributed by atoms with Crippen LogP contribution in [-0.4, -0.2) is 35.3 Å². The summed E-state index contributed by atoms with van der Waals surface area (Å²) in [6.07, 6.45) is 1.72. The second-order valence-electron chi connectivity index (χ2n) is 8.69. The van der Waals surface area contributed by atoms with Crippen LogP contribution in [0, 0.1) is 18.7 Å². The smallest absolute Gasteiger partial charge is 0.253 e. The Balaban J connectivity index is 1.63. The Hall–Kier alpha value is -3.36. The summed E-state index contributed by atoms with van der Waals surface area (Å²) in [6, 6.07) is 18.0. The molecule has 0 aliphatic rings. The molecule has 2 heterocycles. The van der Waals surface area contributed by atoms with Gasteiger partial charge < -0.3 is 10.2 Å². The first-order chi connectivity index (χ1) is 17.3. The number of hydrogen-bond acceptors (Lipinski definition) is 5. The van der Waals surface area contributed by atoms with Gasteiger partial charge in [0.2, 0.25) is 5.91 Å². The van der Waals surface area contributed by atoms with Gasteiger partial charge in [-0.15, -0.1) is 22.7 Å². The Morgan fingerprint density at radius 1 is 1.08 bits per heavy atom. The summed E-state index contributed by atoms with van der Waals surface area (Å²) >= 11 is 2.98. The minimum absolute atomic E-state index is 0.0163. The third-order valence-electron chi connectivity index (χ3n) is 6.14. The van der Waals surface area contributed by atoms with Crippen LogP contribution < -0.4 is 5.32 Å². The van der Waals surface area contributed by atoms with Crippen LogP contribution >= 0.6 is 22.7 Å². The zero-order valence-electron chi connectivity index (χ0n) is 20.6. The molecule has 1 N–H and O–H groups in total. The SMILES string of the molecule is CCN(C)C(=O)c1ccc(-c2ccc([C@@H](c3cccc(F)c3)[C@@H](C)C(=O)Nc3ncc(C)s3)s2)cc1. The number of rotatable bonds is 8. The fraction of sp³-hybridized carbons (Fsp3) is 0.250. The summed E-state index contributed by atoms with van der Waals surface area (Å²) < 4.78 is 14.2. The van der Waals surface area contributed by atoms with Crippen LogP contribution in [0.4, 0.5) is 9.52 Å². The number of halogens is 1. The molecule has 36 heavy (non-hydrogen) atoms. The van der Waals surface area contributed by atoms with E-state index in [1.54, 1.807) is 35.5 Å². The predicted molar refractivity (Wildman–Crippen MR) is 145 cm³/mol. The molecule has 2 atom stereocenters. The van der Waals surface area contributed by atoms with Crippen molar-refractivity contribution in [3.8, 4) is 10.4 Å². The third kappa shape index (κ3) is 5.71. The number of aryl methyl sites for hydroxylation is 1. The van der Waals surface area contributed by atoms with Gasteiger partial charge in [-0.1, -0.05) is 31.2 Å². The topological polar surface area (TPSA) is 62.3 Å². The molecular formula is C28H28FN3O2S2. The number of benzene rings is 2. The molecule has 4 rings (SSSR count). The van der Waals surface area contributed by atoms with Crippen molar-refractivity contribution in [2.45, 2.75) is 26.7 Å². The maximum atomic E-state index is 14.2. The van der Waals surface area contributed by atoms with Crippen molar-refractivity contribution in [2.75, 3.05) is 18.9 Å². The monoisotopic (exact) mass is 521 g/mol. The van der Waals surface area contributed by atoms with Gasteiger partial charge in [-0.3, -0.25) is 9.59 Å². The maximum absolute atomic E-state index is 14.2. The van der Waals surface area contributed by atoms with Gasteiger partial charge in [0.25, 0.3) is 5.91 Å². The highest BCUT2D eigenvalue weighted by atomic mass is 32.1. The van der Waals surface area contributed by atoms with Crippen molar-refractivity contribution in [1.82, 2.24) is 9.88 Å². The summed E-state index contributed by atoms with van der Waals surface area (Å²) in [4.78, 5) is 34.5. The van der Waals surface area contributed by atoms with E-state index in [0.29, 0.717) is 17.2 Å². The molecule has 0 aliphatic carbocycles. The van der Waals surface area contributed by atoms with Gasteiger partial charge in [0.05, 0.1) is 0 Å². The molecule has 0 bridgehead atoms. The quantitative estimate of drug-likeness (QED) is 0.277. The molecule has 0 saturated carbocycles. The van der Waals surface area contributed by atoms with Gasteiger partial charge in [-0.25, -0.2) is 9.37 Å². The number of anilines is 1. The van der Waals surface area contributed by atoms with E-state index in [2.05, 4.69) is 10.3 Å². The van der Waals surface area contributed by atoms with Crippen molar-refractivity contribution >= 4 is 39.6 Å². The van der Waals surface area contributed by atoms with E-state index in [0.717, 1.165) is 25.8 Å². The fourth-order valence-corrected chi connectivity index (χ4v) is 5.91. The molecule has 4 aromatic rings. The summed E-state index contributed by atoms with van der Waals surface area (Å²) in [5, 5.41) is 3.46. The van der Waals surface area contributed by atoms with Crippen molar-refractivity contribution in [3.05, 3.63) is 93.6 Å². The second-order valence-corrected chi connectivity index (χ2v) is 11.0. The van der Waals surface area contributed by atoms with Crippen molar-refractivity contribution in [1.29, 1.82) is 0 Å². The molecule has 0 fully saturated rings. The van der Waals surface area contributed by atoms with E-state index in [-0.39, 0.29) is 23.5 Å². The normalized spacial score (nSPS) is 12.7. The van der Waals surface area contributed by atoms with Crippen molar-refractivity contribution in [3.63, 3.8) is 0 Å².